The van der Waals surface area contributed by atoms with Gasteiger partial charge in [-0.3, -0.25) is 10.1 Å². The number of aromatic nitrogens is 4. The summed E-state index contributed by atoms with van der Waals surface area (Å²) in [7, 11) is 0. The highest BCUT2D eigenvalue weighted by Crippen LogP contribution is 2.30. The van der Waals surface area contributed by atoms with Crippen LogP contribution >= 0.6 is 23.1 Å². The van der Waals surface area contributed by atoms with Gasteiger partial charge < -0.3 is 4.42 Å². The van der Waals surface area contributed by atoms with Gasteiger partial charge in [0.1, 0.15) is 17.2 Å². The van der Waals surface area contributed by atoms with Crippen molar-refractivity contribution in [2.45, 2.75) is 17.0 Å². The summed E-state index contributed by atoms with van der Waals surface area (Å²) in [6.45, 7) is 1.96. The van der Waals surface area contributed by atoms with Crippen molar-refractivity contribution in [2.75, 3.05) is 5.32 Å². The molecule has 30 heavy (non-hydrogen) atoms. The van der Waals surface area contributed by atoms with Gasteiger partial charge in [-0.1, -0.05) is 47.4 Å². The Balaban J connectivity index is 1.39. The van der Waals surface area contributed by atoms with Crippen LogP contribution in [-0.2, 0) is 5.75 Å². The van der Waals surface area contributed by atoms with Crippen LogP contribution in [-0.4, -0.2) is 26.3 Å². The molecule has 0 bridgehead atoms. The number of thioether (sulfide) groups is 1. The quantitative estimate of drug-likeness (QED) is 0.339. The molecular formula is C19H13F2N5O2S2. The van der Waals surface area contributed by atoms with Crippen molar-refractivity contribution in [1.29, 1.82) is 0 Å². The number of hydrogen-bond acceptors (Lipinski definition) is 8. The number of benzene rings is 2. The molecule has 0 fully saturated rings. The number of carbonyl (C=O) groups is 1. The number of rotatable bonds is 6. The number of halogens is 2. The molecule has 0 unspecified atom stereocenters. The van der Waals surface area contributed by atoms with Crippen LogP contribution in [0.25, 0.3) is 11.5 Å². The van der Waals surface area contributed by atoms with Gasteiger partial charge in [-0.05, 0) is 30.7 Å². The lowest BCUT2D eigenvalue weighted by molar-refractivity contribution is 0.101. The number of hydrogen-bond donors (Lipinski definition) is 1. The van der Waals surface area contributed by atoms with Gasteiger partial charge in [0.25, 0.3) is 5.91 Å². The molecule has 1 amide bonds. The molecule has 1 N–H and O–H groups in total. The zero-order valence-electron chi connectivity index (χ0n) is 15.4. The van der Waals surface area contributed by atoms with Crippen molar-refractivity contribution in [3.05, 3.63) is 71.1 Å². The number of nitrogens with one attached hydrogen (secondary N) is 1. The monoisotopic (exact) mass is 445 g/mol. The van der Waals surface area contributed by atoms with Crippen molar-refractivity contribution in [3.63, 3.8) is 0 Å². The second kappa shape index (κ2) is 8.67. The fourth-order valence-corrected chi connectivity index (χ4v) is 4.13. The maximum Gasteiger partial charge on any atom is 0.263 e. The zero-order valence-corrected chi connectivity index (χ0v) is 17.1. The molecule has 0 radical (unpaired) electrons. The summed E-state index contributed by atoms with van der Waals surface area (Å²) in [4.78, 5) is 12.1. The average Bonchev–Trinajstić information content (AvgIpc) is 3.36. The fourth-order valence-electron chi connectivity index (χ4n) is 2.55. The number of anilines is 1. The molecule has 0 spiro atoms. The minimum Gasteiger partial charge on any atom is -0.420 e. The van der Waals surface area contributed by atoms with E-state index in [4.69, 9.17) is 4.42 Å². The topological polar surface area (TPSA) is 93.8 Å². The highest BCUT2D eigenvalue weighted by Gasteiger charge is 2.19. The molecule has 2 aromatic heterocycles. The molecular weight excluding hydrogens is 432 g/mol. The second-order valence-electron chi connectivity index (χ2n) is 6.03. The molecule has 2 heterocycles. The Morgan fingerprint density at radius 2 is 1.83 bits per heavy atom. The summed E-state index contributed by atoms with van der Waals surface area (Å²) in [6.07, 6.45) is 0. The summed E-state index contributed by atoms with van der Waals surface area (Å²) >= 11 is 2.35. The molecule has 0 aliphatic carbocycles. The highest BCUT2D eigenvalue weighted by molar-refractivity contribution is 8.00. The van der Waals surface area contributed by atoms with Crippen LogP contribution in [0.5, 0.6) is 0 Å². The van der Waals surface area contributed by atoms with E-state index in [0.717, 1.165) is 34.6 Å². The normalized spacial score (nSPS) is 10.9. The van der Waals surface area contributed by atoms with Gasteiger partial charge in [-0.15, -0.1) is 20.4 Å². The van der Waals surface area contributed by atoms with Crippen LogP contribution in [0.3, 0.4) is 0 Å². The number of carbonyl (C=O) groups excluding carboxylic acids is 1. The van der Waals surface area contributed by atoms with Crippen molar-refractivity contribution in [2.24, 2.45) is 0 Å². The van der Waals surface area contributed by atoms with E-state index in [1.807, 2.05) is 31.2 Å². The molecule has 0 aliphatic heterocycles. The maximum atomic E-state index is 13.7. The van der Waals surface area contributed by atoms with Gasteiger partial charge in [0.2, 0.25) is 16.9 Å². The van der Waals surface area contributed by atoms with Crippen LogP contribution in [0.2, 0.25) is 0 Å². The number of amides is 1. The molecule has 152 valence electrons. The Kier molecular flexibility index (Phi) is 5.81. The Morgan fingerprint density at radius 1 is 1.07 bits per heavy atom. The molecule has 2 aromatic carbocycles. The van der Waals surface area contributed by atoms with Crippen LogP contribution in [0.15, 0.2) is 51.2 Å². The number of aryl methyl sites for hydroxylation is 1. The third kappa shape index (κ3) is 4.36. The van der Waals surface area contributed by atoms with Crippen molar-refractivity contribution < 1.29 is 18.0 Å². The van der Waals surface area contributed by atoms with Crippen molar-refractivity contribution >= 4 is 34.1 Å². The van der Waals surface area contributed by atoms with Gasteiger partial charge in [0, 0.05) is 5.56 Å². The molecule has 0 saturated carbocycles. The summed E-state index contributed by atoms with van der Waals surface area (Å²) in [5.74, 6) is -1.64. The van der Waals surface area contributed by atoms with Gasteiger partial charge in [0.15, 0.2) is 4.34 Å². The maximum absolute atomic E-state index is 13.7. The van der Waals surface area contributed by atoms with Crippen LogP contribution in [0, 0.1) is 18.6 Å². The third-order valence-electron chi connectivity index (χ3n) is 3.98. The van der Waals surface area contributed by atoms with E-state index < -0.39 is 23.1 Å². The first-order valence-corrected chi connectivity index (χ1v) is 10.4. The molecule has 0 atom stereocenters. The Bertz CT molecular complexity index is 1190. The lowest BCUT2D eigenvalue weighted by Gasteiger charge is -2.03. The lowest BCUT2D eigenvalue weighted by atomic mass is 10.1. The van der Waals surface area contributed by atoms with Crippen LogP contribution < -0.4 is 5.32 Å². The highest BCUT2D eigenvalue weighted by atomic mass is 32.2. The molecule has 0 aliphatic rings. The van der Waals surface area contributed by atoms with Crippen LogP contribution in [0.4, 0.5) is 13.9 Å². The van der Waals surface area contributed by atoms with Gasteiger partial charge in [-0.2, -0.15) is 0 Å². The first-order chi connectivity index (χ1) is 14.5. The molecule has 4 rings (SSSR count). The van der Waals surface area contributed by atoms with Gasteiger partial charge >= 0.3 is 0 Å². The summed E-state index contributed by atoms with van der Waals surface area (Å²) < 4.78 is 33.6. The minimum absolute atomic E-state index is 0.122. The van der Waals surface area contributed by atoms with E-state index >= 15 is 0 Å². The van der Waals surface area contributed by atoms with Crippen molar-refractivity contribution in [1.82, 2.24) is 20.4 Å². The molecule has 7 nitrogen and oxygen atoms in total. The van der Waals surface area contributed by atoms with Crippen molar-refractivity contribution in [3.8, 4) is 11.5 Å². The summed E-state index contributed by atoms with van der Waals surface area (Å²) in [5, 5.41) is 18.3. The second-order valence-corrected chi connectivity index (χ2v) is 8.23. The summed E-state index contributed by atoms with van der Waals surface area (Å²) in [5.41, 5.74) is 1.22. The smallest absolute Gasteiger partial charge is 0.263 e. The molecule has 11 heteroatoms. The molecule has 4 aromatic rings. The Hall–Kier alpha value is -3.18. The Labute approximate surface area is 177 Å². The largest absolute Gasteiger partial charge is 0.420 e. The van der Waals surface area contributed by atoms with E-state index in [0.29, 0.717) is 21.9 Å². The predicted octanol–water partition coefficient (Wildman–Crippen LogP) is 4.72. The lowest BCUT2D eigenvalue weighted by Crippen LogP contribution is -2.15. The van der Waals surface area contributed by atoms with E-state index in [-0.39, 0.29) is 5.13 Å². The SMILES string of the molecule is Cc1ccccc1-c1nnc(CSc2nnc(NC(=O)c3c(F)cccc3F)s2)o1. The zero-order chi connectivity index (χ0) is 21.1. The van der Waals surface area contributed by atoms with E-state index in [1.54, 1.807) is 0 Å². The van der Waals surface area contributed by atoms with Crippen LogP contribution in [0.1, 0.15) is 21.8 Å². The van der Waals surface area contributed by atoms with Gasteiger partial charge in [-0.25, -0.2) is 8.78 Å². The number of nitrogens with zero attached hydrogens (tertiary/aromatic N) is 4. The first kappa shape index (κ1) is 20.1. The van der Waals surface area contributed by atoms with E-state index in [1.165, 1.54) is 17.8 Å². The predicted molar refractivity (Wildman–Crippen MR) is 108 cm³/mol. The Morgan fingerprint density at radius 3 is 2.60 bits per heavy atom. The molecule has 0 saturated heterocycles. The van der Waals surface area contributed by atoms with Gasteiger partial charge in [0.05, 0.1) is 5.75 Å². The fraction of sp³-hybridized carbons (Fsp3) is 0.105. The van der Waals surface area contributed by atoms with E-state index in [2.05, 4.69) is 25.7 Å². The average molecular weight is 445 g/mol. The first-order valence-electron chi connectivity index (χ1n) is 8.61. The third-order valence-corrected chi connectivity index (χ3v) is 5.93. The summed E-state index contributed by atoms with van der Waals surface area (Å²) in [6, 6.07) is 10.9. The minimum atomic E-state index is -0.951. The standard InChI is InChI=1S/C19H13F2N5O2S2/c1-10-5-2-3-6-11(10)17-24-23-14(28-17)9-29-19-26-25-18(30-19)22-16(27)15-12(20)7-4-8-13(15)21/h2-8H,9H2,1H3,(H,22,25,27). The van der Waals surface area contributed by atoms with E-state index in [9.17, 15) is 13.6 Å².